The first kappa shape index (κ1) is 85.8. The Hall–Kier alpha value is -13.6. The quantitative estimate of drug-likeness (QED) is 0.0878. The van der Waals surface area contributed by atoms with Gasteiger partial charge in [0, 0.05) is 112 Å². The molecule has 4 aliphatic heterocycles. The fraction of sp³-hybridized carbons (Fsp3) is 0.362. The molecule has 656 valence electrons. The zero-order chi connectivity index (χ0) is 89.4. The van der Waals surface area contributed by atoms with Crippen molar-refractivity contribution in [3.05, 3.63) is 293 Å². The predicted molar refractivity (Wildman–Crippen MR) is 507 cm³/mol. The van der Waals surface area contributed by atoms with E-state index in [1.54, 1.807) is 67.8 Å². The number of imidazole rings is 1. The molecule has 6 aromatic heterocycles. The number of thiazole rings is 1. The fourth-order valence-electron chi connectivity index (χ4n) is 19.8. The molecule has 4 atom stereocenters. The van der Waals surface area contributed by atoms with Gasteiger partial charge in [-0.1, -0.05) is 136 Å². The van der Waals surface area contributed by atoms with Crippen molar-refractivity contribution in [2.24, 2.45) is 42.6 Å². The highest BCUT2D eigenvalue weighted by atomic mass is 32.1. The van der Waals surface area contributed by atoms with Gasteiger partial charge in [-0.3, -0.25) is 28.1 Å². The van der Waals surface area contributed by atoms with Crippen LogP contribution in [0.15, 0.2) is 203 Å². The lowest BCUT2D eigenvalue weighted by Crippen LogP contribution is -2.40. The molecule has 9 aliphatic rings. The second kappa shape index (κ2) is 37.2. The van der Waals surface area contributed by atoms with E-state index in [9.17, 15) is 27.6 Å². The van der Waals surface area contributed by atoms with Crippen molar-refractivity contribution >= 4 is 62.1 Å². The van der Waals surface area contributed by atoms with E-state index in [0.29, 0.717) is 110 Å². The van der Waals surface area contributed by atoms with Gasteiger partial charge in [-0.05, 0) is 233 Å². The van der Waals surface area contributed by atoms with E-state index in [1.807, 2.05) is 78.5 Å². The Bertz CT molecular complexity index is 6580. The van der Waals surface area contributed by atoms with Gasteiger partial charge >= 0.3 is 0 Å². The highest BCUT2D eigenvalue weighted by Gasteiger charge is 2.37. The van der Waals surface area contributed by atoms with Gasteiger partial charge in [0.25, 0.3) is 16.7 Å². The Kier molecular flexibility index (Phi) is 24.6. The first-order chi connectivity index (χ1) is 63.4. The minimum Gasteiger partial charge on any atom is -0.356 e. The minimum absolute atomic E-state index is 0.0362. The standard InChI is InChI=1S/2C28H27FN4O.C26H25FN4O.C23H22N6S/c2*1-30-25-12-9-21(15-24(25)29)28-31-26(32-14-13-18-3-2-4-22(18)17-32)16-27(34)33(28)23-10-7-20(8-11-23)19-5-6-19;1-17-11-13-30(14-12-17)24-16-25(32)31(21-8-5-19(6-9-21)18-3-4-18)26(29-24)20-7-10-23(28-2)22(27)15-20;1-15-7-9-29(10-8-15)23-27-20(17-5-3-16(12-24)4-6-17)21(30-23)18-11-19-22(25-13-18)28(2)14-26-19/h2*7-12,15-16,18-19,22H,2-6,13-14,17H2;5-10,15-18H,3-4,11-14H2,1H3;3-6,11,13-15H,7-10H2,1-2H3. The number of halogens is 3. The number of benzene rings is 7. The third-order valence-corrected chi connectivity index (χ3v) is 29.1. The number of nitrogens with zero attached hydrogens (tertiary/aromatic N) is 18. The van der Waals surface area contributed by atoms with Crippen LogP contribution < -0.4 is 36.3 Å². The Morgan fingerprint density at radius 2 is 0.785 bits per heavy atom. The SMILES string of the molecule is CC1CCN(c2nc(-c3ccc(C#N)cc3)c(-c3cnc4c(c3)ncn4C)s2)CC1.[C-]#[N+]c1ccc(-c2nc(N3CCC(C)CC3)cc(=O)n2-c2ccc(C3CC3)cc2)cc1F.[C-]#[N+]c1ccc(-c2nc(N3CCC4CCCC4C3)cc(=O)n2-c2ccc(C3CC3)cc2)cc1F.[C-]#[N+]c1ccc(-c2nc(N3CCC4CCCC4C3)cc(=O)n2-c2ccc(C3CC3)cc2)cc1F. The number of aryl methyl sites for hydroxylation is 1. The van der Waals surface area contributed by atoms with Crippen molar-refractivity contribution in [1.29, 1.82) is 5.26 Å². The maximum absolute atomic E-state index is 14.6. The lowest BCUT2D eigenvalue weighted by Gasteiger charge is -2.36. The maximum Gasteiger partial charge on any atom is 0.260 e. The van der Waals surface area contributed by atoms with E-state index in [-0.39, 0.29) is 33.7 Å². The molecule has 0 bridgehead atoms. The summed E-state index contributed by atoms with van der Waals surface area (Å²) in [5.74, 6) is 7.53. The molecule has 7 aromatic carbocycles. The highest BCUT2D eigenvalue weighted by Crippen LogP contribution is 2.47. The van der Waals surface area contributed by atoms with E-state index in [0.717, 1.165) is 134 Å². The van der Waals surface area contributed by atoms with Crippen LogP contribution in [0, 0.1) is 84.0 Å². The van der Waals surface area contributed by atoms with Gasteiger partial charge in [0.2, 0.25) is 17.1 Å². The van der Waals surface area contributed by atoms with Crippen LogP contribution >= 0.6 is 11.3 Å². The lowest BCUT2D eigenvalue weighted by molar-refractivity contribution is 0.322. The van der Waals surface area contributed by atoms with Crippen molar-refractivity contribution in [1.82, 2.24) is 48.2 Å². The minimum atomic E-state index is -0.611. The van der Waals surface area contributed by atoms with E-state index in [2.05, 4.69) is 106 Å². The van der Waals surface area contributed by atoms with Crippen molar-refractivity contribution in [2.45, 2.75) is 147 Å². The van der Waals surface area contributed by atoms with Gasteiger partial charge in [-0.15, -0.1) is 0 Å². The zero-order valence-electron chi connectivity index (χ0n) is 73.3. The molecule has 9 fully saturated rings. The molecule has 0 spiro atoms. The Balaban J connectivity index is 0.000000112. The van der Waals surface area contributed by atoms with Gasteiger partial charge in [0.1, 0.15) is 57.9 Å². The average molecular weight is 1750 g/mol. The fourth-order valence-corrected chi connectivity index (χ4v) is 20.9. The third-order valence-electron chi connectivity index (χ3n) is 27.9. The van der Waals surface area contributed by atoms with Gasteiger partial charge in [-0.25, -0.2) is 57.6 Å². The van der Waals surface area contributed by atoms with Crippen molar-refractivity contribution in [3.63, 3.8) is 0 Å². The molecule has 21 nitrogen and oxygen atoms in total. The van der Waals surface area contributed by atoms with E-state index < -0.39 is 17.5 Å². The van der Waals surface area contributed by atoms with Gasteiger partial charge in [0.05, 0.1) is 65.3 Å². The topological polar surface area (TPSA) is 198 Å². The molecule has 5 saturated carbocycles. The molecule has 4 saturated heterocycles. The smallest absolute Gasteiger partial charge is 0.260 e. The number of hydrogen-bond acceptors (Lipinski definition) is 15. The number of fused-ring (bicyclic) bond motifs is 3. The first-order valence-electron chi connectivity index (χ1n) is 45.9. The third kappa shape index (κ3) is 18.4. The van der Waals surface area contributed by atoms with Crippen LogP contribution in [0.2, 0.25) is 0 Å². The second-order valence-electron chi connectivity index (χ2n) is 36.8. The van der Waals surface area contributed by atoms with Gasteiger partial charge in [0.15, 0.2) is 10.8 Å². The summed E-state index contributed by atoms with van der Waals surface area (Å²) in [6.45, 7) is 33.4. The Morgan fingerprint density at radius 3 is 1.17 bits per heavy atom. The van der Waals surface area contributed by atoms with Crippen LogP contribution in [0.1, 0.15) is 169 Å². The number of aromatic nitrogens is 10. The molecule has 5 aliphatic carbocycles. The summed E-state index contributed by atoms with van der Waals surface area (Å²) < 4.78 is 50.2. The summed E-state index contributed by atoms with van der Waals surface area (Å²) >= 11 is 1.72. The van der Waals surface area contributed by atoms with Crippen LogP contribution in [-0.4, -0.2) is 101 Å². The largest absolute Gasteiger partial charge is 0.356 e. The molecular weight excluding hydrogens is 1650 g/mol. The molecular formula is C105H101F3N18O3S. The molecule has 0 amide bonds. The summed E-state index contributed by atoms with van der Waals surface area (Å²) in [5.41, 5.74) is 12.2. The predicted octanol–water partition coefficient (Wildman–Crippen LogP) is 22.8. The first-order valence-corrected chi connectivity index (χ1v) is 46.7. The van der Waals surface area contributed by atoms with E-state index in [4.69, 9.17) is 44.9 Å². The van der Waals surface area contributed by atoms with Crippen molar-refractivity contribution in [2.75, 3.05) is 72.0 Å². The van der Waals surface area contributed by atoms with Gasteiger partial charge in [-0.2, -0.15) is 5.26 Å². The monoisotopic (exact) mass is 1750 g/mol. The number of piperidine rings is 4. The zero-order valence-corrected chi connectivity index (χ0v) is 74.1. The van der Waals surface area contributed by atoms with Crippen LogP contribution in [0.5, 0.6) is 0 Å². The average Bonchev–Trinajstić information content (AvgIpc) is 1.24. The number of rotatable bonds is 15. The summed E-state index contributed by atoms with van der Waals surface area (Å²) in [5, 5.41) is 10.2. The maximum atomic E-state index is 14.6. The van der Waals surface area contributed by atoms with Crippen molar-refractivity contribution < 1.29 is 13.2 Å². The second-order valence-corrected chi connectivity index (χ2v) is 37.7. The van der Waals surface area contributed by atoms with Crippen LogP contribution in [0.3, 0.4) is 0 Å². The molecule has 25 heteroatoms. The number of nitriles is 1. The molecule has 4 unspecified atom stereocenters. The normalized spacial score (nSPS) is 19.0. The summed E-state index contributed by atoms with van der Waals surface area (Å²) in [7, 11) is 1.95. The molecule has 0 N–H and O–H groups in total. The molecule has 130 heavy (non-hydrogen) atoms. The van der Waals surface area contributed by atoms with Crippen LogP contribution in [0.4, 0.5) is 52.8 Å². The summed E-state index contributed by atoms with van der Waals surface area (Å²) in [6, 6.07) is 54.2. The Morgan fingerprint density at radius 1 is 0.408 bits per heavy atom. The van der Waals surface area contributed by atoms with Crippen molar-refractivity contribution in [3.8, 4) is 79.0 Å². The van der Waals surface area contributed by atoms with Crippen LogP contribution in [0.25, 0.3) is 98.6 Å². The molecule has 22 rings (SSSR count). The molecule has 13 aromatic rings. The summed E-state index contributed by atoms with van der Waals surface area (Å²) in [4.78, 5) is 88.9. The molecule has 0 radical (unpaired) electrons. The number of anilines is 4. The van der Waals surface area contributed by atoms with Gasteiger partial charge < -0.3 is 24.2 Å². The Labute approximate surface area is 758 Å². The van der Waals surface area contributed by atoms with E-state index >= 15 is 0 Å². The highest BCUT2D eigenvalue weighted by molar-refractivity contribution is 7.19. The van der Waals surface area contributed by atoms with Crippen LogP contribution in [-0.2, 0) is 7.05 Å². The summed E-state index contributed by atoms with van der Waals surface area (Å²) in [6.07, 6.45) is 25.4. The van der Waals surface area contributed by atoms with E-state index in [1.165, 1.54) is 143 Å². The number of hydrogen-bond donors (Lipinski definition) is 0. The lowest BCUT2D eigenvalue weighted by atomic mass is 9.89. The molecule has 10 heterocycles. The number of pyridine rings is 1.